The maximum atomic E-state index is 6.58. The second kappa shape index (κ2) is 14.5. The Bertz CT molecular complexity index is 3420. The Kier molecular flexibility index (Phi) is 8.39. The molecule has 0 spiro atoms. The van der Waals surface area contributed by atoms with Gasteiger partial charge in [0.25, 0.3) is 0 Å². The maximum Gasteiger partial charge on any atom is 0.160 e. The average molecular weight is 791 g/mol. The molecule has 1 aliphatic carbocycles. The van der Waals surface area contributed by atoms with Crippen molar-refractivity contribution in [2.45, 2.75) is 5.41 Å². The van der Waals surface area contributed by atoms with Crippen LogP contribution in [0.5, 0.6) is 0 Å². The van der Waals surface area contributed by atoms with Crippen LogP contribution in [0.1, 0.15) is 22.3 Å². The molecule has 11 aromatic rings. The van der Waals surface area contributed by atoms with Crippen molar-refractivity contribution in [1.29, 1.82) is 0 Å². The second-order valence-electron chi connectivity index (χ2n) is 16.0. The third-order valence-electron chi connectivity index (χ3n) is 12.6. The van der Waals surface area contributed by atoms with Crippen molar-refractivity contribution in [3.05, 3.63) is 253 Å². The zero-order valence-corrected chi connectivity index (χ0v) is 33.7. The molecular weight excluding hydrogens is 753 g/mol. The van der Waals surface area contributed by atoms with Crippen LogP contribution in [0, 0.1) is 0 Å². The number of fused-ring (bicyclic) bond motifs is 6. The first-order valence-electron chi connectivity index (χ1n) is 21.2. The average Bonchev–Trinajstić information content (AvgIpc) is 3.89. The van der Waals surface area contributed by atoms with Crippen LogP contribution in [0.3, 0.4) is 0 Å². The normalized spacial score (nSPS) is 12.6. The molecule has 0 saturated heterocycles. The summed E-state index contributed by atoms with van der Waals surface area (Å²) in [5.74, 6) is 0.675. The standard InChI is InChI=1S/C59H38N2O/c1-4-19-39(20-5-1)58-60-54(40-35-36-47-46-28-14-16-33-52(46)59(53(47)37-40,41-21-6-2-7-22-41)42-23-8-3-9-24-42)38-55(61-58)48-29-13-12-26-44(48)43-25-10-11-27-45(43)50-31-18-32-51-49-30-15-17-34-56(49)62-57(50)51/h1-38H. The molecule has 9 aromatic carbocycles. The maximum absolute atomic E-state index is 6.58. The molecule has 1 aliphatic rings. The third kappa shape index (κ3) is 5.59. The van der Waals surface area contributed by atoms with E-state index in [0.29, 0.717) is 5.82 Å². The first-order chi connectivity index (χ1) is 30.8. The van der Waals surface area contributed by atoms with Crippen molar-refractivity contribution in [1.82, 2.24) is 9.97 Å². The number of furan rings is 1. The first-order valence-corrected chi connectivity index (χ1v) is 21.2. The number of nitrogens with zero attached hydrogens (tertiary/aromatic N) is 2. The Morgan fingerprint density at radius 3 is 1.56 bits per heavy atom. The lowest BCUT2D eigenvalue weighted by molar-refractivity contribution is 0.670. The summed E-state index contributed by atoms with van der Waals surface area (Å²) in [6.07, 6.45) is 0. The van der Waals surface area contributed by atoms with Crippen molar-refractivity contribution < 1.29 is 4.42 Å². The Morgan fingerprint density at radius 2 is 0.839 bits per heavy atom. The van der Waals surface area contributed by atoms with Gasteiger partial charge in [0.1, 0.15) is 11.2 Å². The highest BCUT2D eigenvalue weighted by Crippen LogP contribution is 2.56. The number of benzene rings is 9. The summed E-state index contributed by atoms with van der Waals surface area (Å²) in [5, 5.41) is 2.22. The van der Waals surface area contributed by atoms with Crippen molar-refractivity contribution >= 4 is 21.9 Å². The van der Waals surface area contributed by atoms with Crippen LogP contribution in [-0.2, 0) is 5.41 Å². The first kappa shape index (κ1) is 35.8. The molecular formula is C59H38N2O. The molecule has 0 amide bonds. The van der Waals surface area contributed by atoms with E-state index in [1.807, 2.05) is 18.2 Å². The van der Waals surface area contributed by atoms with Crippen molar-refractivity contribution in [3.63, 3.8) is 0 Å². The van der Waals surface area contributed by atoms with Crippen LogP contribution >= 0.6 is 0 Å². The Balaban J connectivity index is 1.07. The minimum Gasteiger partial charge on any atom is -0.455 e. The number of aromatic nitrogens is 2. The zero-order valence-electron chi connectivity index (χ0n) is 33.7. The number of hydrogen-bond acceptors (Lipinski definition) is 3. The predicted octanol–water partition coefficient (Wildman–Crippen LogP) is 15.1. The summed E-state index contributed by atoms with van der Waals surface area (Å²) in [4.78, 5) is 10.7. The molecule has 2 heterocycles. The van der Waals surface area contributed by atoms with E-state index in [1.165, 1.54) is 33.4 Å². The van der Waals surface area contributed by atoms with E-state index in [-0.39, 0.29) is 0 Å². The number of hydrogen-bond donors (Lipinski definition) is 0. The van der Waals surface area contributed by atoms with Crippen molar-refractivity contribution in [3.8, 4) is 67.3 Å². The quantitative estimate of drug-likeness (QED) is 0.161. The Labute approximate surface area is 360 Å². The second-order valence-corrected chi connectivity index (χ2v) is 16.0. The monoisotopic (exact) mass is 790 g/mol. The molecule has 0 atom stereocenters. The fraction of sp³-hybridized carbons (Fsp3) is 0.0169. The van der Waals surface area contributed by atoms with Gasteiger partial charge in [-0.15, -0.1) is 0 Å². The molecule has 0 unspecified atom stereocenters. The van der Waals surface area contributed by atoms with Gasteiger partial charge in [-0.05, 0) is 68.3 Å². The minimum atomic E-state index is -0.526. The van der Waals surface area contributed by atoms with E-state index in [0.717, 1.165) is 72.3 Å². The van der Waals surface area contributed by atoms with Gasteiger partial charge in [0.05, 0.1) is 16.8 Å². The highest BCUT2D eigenvalue weighted by atomic mass is 16.3. The highest BCUT2D eigenvalue weighted by molar-refractivity contribution is 6.11. The molecule has 3 nitrogen and oxygen atoms in total. The number of rotatable bonds is 7. The minimum absolute atomic E-state index is 0.526. The van der Waals surface area contributed by atoms with Crippen molar-refractivity contribution in [2.24, 2.45) is 0 Å². The Morgan fingerprint density at radius 1 is 0.323 bits per heavy atom. The largest absolute Gasteiger partial charge is 0.455 e. The molecule has 3 heteroatoms. The summed E-state index contributed by atoms with van der Waals surface area (Å²) in [6.45, 7) is 0. The molecule has 12 rings (SSSR count). The molecule has 62 heavy (non-hydrogen) atoms. The SMILES string of the molecule is c1ccc(-c2nc(-c3ccc4c(c3)C(c3ccccc3)(c3ccccc3)c3ccccc3-4)cc(-c3ccccc3-c3ccccc3-c3cccc4c3oc3ccccc34)n2)cc1. The molecule has 0 N–H and O–H groups in total. The lowest BCUT2D eigenvalue weighted by atomic mass is 9.67. The third-order valence-corrected chi connectivity index (χ3v) is 12.6. The fourth-order valence-corrected chi connectivity index (χ4v) is 9.91. The van der Waals surface area contributed by atoms with E-state index >= 15 is 0 Å². The van der Waals surface area contributed by atoms with Gasteiger partial charge in [0.15, 0.2) is 5.82 Å². The summed E-state index contributed by atoms with van der Waals surface area (Å²) >= 11 is 0. The summed E-state index contributed by atoms with van der Waals surface area (Å²) in [5.41, 5.74) is 17.8. The number of para-hydroxylation sites is 2. The molecule has 0 fully saturated rings. The van der Waals surface area contributed by atoms with Crippen LogP contribution in [0.25, 0.3) is 89.2 Å². The lowest BCUT2D eigenvalue weighted by Gasteiger charge is -2.34. The van der Waals surface area contributed by atoms with Gasteiger partial charge in [-0.3, -0.25) is 0 Å². The van der Waals surface area contributed by atoms with Gasteiger partial charge in [-0.1, -0.05) is 212 Å². The zero-order chi connectivity index (χ0) is 41.0. The van der Waals surface area contributed by atoms with E-state index in [4.69, 9.17) is 14.4 Å². The van der Waals surface area contributed by atoms with Gasteiger partial charge in [0.2, 0.25) is 0 Å². The molecule has 290 valence electrons. The van der Waals surface area contributed by atoms with Gasteiger partial charge >= 0.3 is 0 Å². The van der Waals surface area contributed by atoms with Gasteiger partial charge in [-0.2, -0.15) is 0 Å². The van der Waals surface area contributed by atoms with Gasteiger partial charge in [0, 0.05) is 33.0 Å². The van der Waals surface area contributed by atoms with E-state index < -0.39 is 5.41 Å². The molecule has 0 saturated carbocycles. The molecule has 0 aliphatic heterocycles. The van der Waals surface area contributed by atoms with Crippen LogP contribution in [0.4, 0.5) is 0 Å². The summed E-state index contributed by atoms with van der Waals surface area (Å²) < 4.78 is 6.58. The van der Waals surface area contributed by atoms with Gasteiger partial charge in [-0.25, -0.2) is 9.97 Å². The Hall–Kier alpha value is -8.14. The fourth-order valence-electron chi connectivity index (χ4n) is 9.91. The molecule has 0 bridgehead atoms. The topological polar surface area (TPSA) is 38.9 Å². The van der Waals surface area contributed by atoms with Crippen LogP contribution in [0.2, 0.25) is 0 Å². The summed E-state index contributed by atoms with van der Waals surface area (Å²) in [6, 6.07) is 82.1. The van der Waals surface area contributed by atoms with Crippen LogP contribution < -0.4 is 0 Å². The van der Waals surface area contributed by atoms with Crippen LogP contribution in [-0.4, -0.2) is 9.97 Å². The van der Waals surface area contributed by atoms with E-state index in [9.17, 15) is 0 Å². The van der Waals surface area contributed by atoms with E-state index in [1.54, 1.807) is 0 Å². The lowest BCUT2D eigenvalue weighted by Crippen LogP contribution is -2.28. The molecule has 2 aromatic heterocycles. The van der Waals surface area contributed by atoms with Crippen molar-refractivity contribution in [2.75, 3.05) is 0 Å². The molecule has 0 radical (unpaired) electrons. The van der Waals surface area contributed by atoms with Crippen LogP contribution in [0.15, 0.2) is 235 Å². The smallest absolute Gasteiger partial charge is 0.160 e. The predicted molar refractivity (Wildman–Crippen MR) is 254 cm³/mol. The summed E-state index contributed by atoms with van der Waals surface area (Å²) in [7, 11) is 0. The van der Waals surface area contributed by atoms with E-state index in [2.05, 4.69) is 212 Å². The highest BCUT2D eigenvalue weighted by Gasteiger charge is 2.46. The van der Waals surface area contributed by atoms with Gasteiger partial charge < -0.3 is 4.42 Å².